The zero-order chi connectivity index (χ0) is 21.2. The molecule has 0 spiro atoms. The van der Waals surface area contributed by atoms with Gasteiger partial charge in [0.1, 0.15) is 23.2 Å². The average molecular weight is 408 g/mol. The Morgan fingerprint density at radius 1 is 1.17 bits per heavy atom. The van der Waals surface area contributed by atoms with Crippen molar-refractivity contribution >= 4 is 22.8 Å². The first-order valence-electron chi connectivity index (χ1n) is 8.39. The summed E-state index contributed by atoms with van der Waals surface area (Å²) >= 11 is 0. The van der Waals surface area contributed by atoms with E-state index in [0.717, 1.165) is 12.1 Å². The Bertz CT molecular complexity index is 1060. The van der Waals surface area contributed by atoms with Gasteiger partial charge in [-0.1, -0.05) is 6.07 Å². The summed E-state index contributed by atoms with van der Waals surface area (Å²) in [5, 5.41) is 5.85. The summed E-state index contributed by atoms with van der Waals surface area (Å²) in [4.78, 5) is 23.8. The number of primary amides is 1. The summed E-state index contributed by atoms with van der Waals surface area (Å²) in [6.07, 6.45) is -2.30. The number of amides is 1. The molecule has 0 saturated heterocycles. The van der Waals surface area contributed by atoms with Gasteiger partial charge in [0.05, 0.1) is 17.2 Å². The average Bonchev–Trinajstić information content (AvgIpc) is 2.67. The summed E-state index contributed by atoms with van der Waals surface area (Å²) in [7, 11) is 1.62. The van der Waals surface area contributed by atoms with Crippen molar-refractivity contribution in [2.75, 3.05) is 18.9 Å². The highest BCUT2D eigenvalue weighted by molar-refractivity contribution is 6.05. The van der Waals surface area contributed by atoms with Gasteiger partial charge in [-0.25, -0.2) is 14.4 Å². The summed E-state index contributed by atoms with van der Waals surface area (Å²) in [5.41, 5.74) is 4.73. The second-order valence-corrected chi connectivity index (χ2v) is 6.13. The summed E-state index contributed by atoms with van der Waals surface area (Å²) in [6, 6.07) is 3.46. The number of halogens is 4. The standard InChI is InChI=1S/C18H16F4N6O/c1-24-7-13(9-2-3-12(19)11(6-9)18(20,21)22)28-17-15-14(26-8-27-17)10(16(23)29)4-5-25-15/h2-6,8,13,24H,7H2,1H3,(H2,23,29)(H,26,27,28). The number of hydrogen-bond acceptors (Lipinski definition) is 6. The number of fused-ring (bicyclic) bond motifs is 1. The van der Waals surface area contributed by atoms with E-state index in [1.807, 2.05) is 0 Å². The van der Waals surface area contributed by atoms with E-state index in [2.05, 4.69) is 25.6 Å². The van der Waals surface area contributed by atoms with Gasteiger partial charge in [-0.3, -0.25) is 9.78 Å². The van der Waals surface area contributed by atoms with Crippen LogP contribution in [0.2, 0.25) is 0 Å². The molecule has 1 amide bonds. The van der Waals surface area contributed by atoms with E-state index < -0.39 is 29.5 Å². The van der Waals surface area contributed by atoms with Crippen LogP contribution in [0.5, 0.6) is 0 Å². The van der Waals surface area contributed by atoms with Crippen LogP contribution >= 0.6 is 0 Å². The van der Waals surface area contributed by atoms with E-state index in [1.54, 1.807) is 7.05 Å². The minimum absolute atomic E-state index is 0.131. The van der Waals surface area contributed by atoms with Crippen molar-refractivity contribution in [1.82, 2.24) is 20.3 Å². The van der Waals surface area contributed by atoms with Gasteiger partial charge in [0.25, 0.3) is 5.91 Å². The number of nitrogens with two attached hydrogens (primary N) is 1. The molecule has 4 N–H and O–H groups in total. The molecule has 0 aliphatic heterocycles. The number of aromatic nitrogens is 3. The fourth-order valence-electron chi connectivity index (χ4n) is 2.87. The molecule has 0 bridgehead atoms. The van der Waals surface area contributed by atoms with Crippen molar-refractivity contribution in [3.05, 3.63) is 59.3 Å². The fraction of sp³-hybridized carbons (Fsp3) is 0.222. The first kappa shape index (κ1) is 20.4. The van der Waals surface area contributed by atoms with Crippen molar-refractivity contribution < 1.29 is 22.4 Å². The van der Waals surface area contributed by atoms with Crippen LogP contribution in [0.3, 0.4) is 0 Å². The minimum atomic E-state index is -4.83. The molecule has 2 heterocycles. The smallest absolute Gasteiger partial charge is 0.366 e. The maximum atomic E-state index is 13.6. The van der Waals surface area contributed by atoms with E-state index in [1.165, 1.54) is 24.7 Å². The van der Waals surface area contributed by atoms with Crippen molar-refractivity contribution in [2.45, 2.75) is 12.2 Å². The van der Waals surface area contributed by atoms with E-state index in [4.69, 9.17) is 5.73 Å². The van der Waals surface area contributed by atoms with Crippen LogP contribution in [-0.4, -0.2) is 34.5 Å². The molecule has 3 rings (SSSR count). The van der Waals surface area contributed by atoms with Crippen LogP contribution in [0.1, 0.15) is 27.5 Å². The summed E-state index contributed by atoms with van der Waals surface area (Å²) in [5.74, 6) is -1.87. The molecule has 2 aromatic heterocycles. The molecule has 152 valence electrons. The number of likely N-dealkylation sites (N-methyl/N-ethyl adjacent to an activating group) is 1. The summed E-state index contributed by atoms with van der Waals surface area (Å²) in [6.45, 7) is 0.198. The SMILES string of the molecule is CNCC(Nc1ncnc2c(C(N)=O)ccnc12)c1ccc(F)c(C(F)(F)F)c1. The van der Waals surface area contributed by atoms with Crippen LogP contribution in [0.4, 0.5) is 23.4 Å². The molecule has 0 fully saturated rings. The van der Waals surface area contributed by atoms with Gasteiger partial charge < -0.3 is 16.4 Å². The molecule has 0 aliphatic carbocycles. The number of benzene rings is 1. The number of carbonyl (C=O) groups is 1. The second-order valence-electron chi connectivity index (χ2n) is 6.13. The topological polar surface area (TPSA) is 106 Å². The van der Waals surface area contributed by atoms with E-state index in [9.17, 15) is 22.4 Å². The number of nitrogens with zero attached hydrogens (tertiary/aromatic N) is 3. The van der Waals surface area contributed by atoms with Crippen LogP contribution in [0.25, 0.3) is 11.0 Å². The number of pyridine rings is 1. The monoisotopic (exact) mass is 408 g/mol. The molecule has 7 nitrogen and oxygen atoms in total. The molecular weight excluding hydrogens is 392 g/mol. The van der Waals surface area contributed by atoms with E-state index in [0.29, 0.717) is 0 Å². The van der Waals surface area contributed by atoms with Gasteiger partial charge in [0.15, 0.2) is 5.82 Å². The Kier molecular flexibility index (Phi) is 5.59. The normalized spacial score (nSPS) is 12.7. The lowest BCUT2D eigenvalue weighted by Crippen LogP contribution is -2.25. The first-order chi connectivity index (χ1) is 13.7. The molecule has 1 aromatic carbocycles. The molecule has 11 heteroatoms. The maximum Gasteiger partial charge on any atom is 0.419 e. The quantitative estimate of drug-likeness (QED) is 0.542. The van der Waals surface area contributed by atoms with Gasteiger partial charge in [-0.05, 0) is 30.8 Å². The van der Waals surface area contributed by atoms with Gasteiger partial charge in [0.2, 0.25) is 0 Å². The first-order valence-corrected chi connectivity index (χ1v) is 8.39. The van der Waals surface area contributed by atoms with Gasteiger partial charge in [0, 0.05) is 12.7 Å². The highest BCUT2D eigenvalue weighted by Gasteiger charge is 2.34. The van der Waals surface area contributed by atoms with Gasteiger partial charge in [-0.15, -0.1) is 0 Å². The zero-order valence-electron chi connectivity index (χ0n) is 15.1. The third-order valence-electron chi connectivity index (χ3n) is 4.21. The Morgan fingerprint density at radius 3 is 2.59 bits per heavy atom. The Balaban J connectivity index is 2.05. The van der Waals surface area contributed by atoms with E-state index >= 15 is 0 Å². The lowest BCUT2D eigenvalue weighted by molar-refractivity contribution is -0.140. The zero-order valence-corrected chi connectivity index (χ0v) is 15.1. The Morgan fingerprint density at radius 2 is 1.93 bits per heavy atom. The predicted octanol–water partition coefficient (Wildman–Crippen LogP) is 2.65. The van der Waals surface area contributed by atoms with Crippen molar-refractivity contribution in [1.29, 1.82) is 0 Å². The number of nitrogens with one attached hydrogen (secondary N) is 2. The molecule has 3 aromatic rings. The third-order valence-corrected chi connectivity index (χ3v) is 4.21. The molecule has 0 saturated carbocycles. The summed E-state index contributed by atoms with van der Waals surface area (Å²) < 4.78 is 52.9. The lowest BCUT2D eigenvalue weighted by Gasteiger charge is -2.21. The molecule has 1 atom stereocenters. The largest absolute Gasteiger partial charge is 0.419 e. The molecule has 1 unspecified atom stereocenters. The number of alkyl halides is 3. The van der Waals surface area contributed by atoms with E-state index in [-0.39, 0.29) is 34.5 Å². The number of rotatable bonds is 6. The van der Waals surface area contributed by atoms with Crippen LogP contribution < -0.4 is 16.4 Å². The van der Waals surface area contributed by atoms with Crippen molar-refractivity contribution in [3.63, 3.8) is 0 Å². The maximum absolute atomic E-state index is 13.6. The van der Waals surface area contributed by atoms with Gasteiger partial charge in [-0.2, -0.15) is 13.2 Å². The number of anilines is 1. The van der Waals surface area contributed by atoms with Crippen LogP contribution in [-0.2, 0) is 6.18 Å². The van der Waals surface area contributed by atoms with Crippen molar-refractivity contribution in [2.24, 2.45) is 5.73 Å². The van der Waals surface area contributed by atoms with Crippen molar-refractivity contribution in [3.8, 4) is 0 Å². The molecule has 0 aliphatic rings. The van der Waals surface area contributed by atoms with Gasteiger partial charge >= 0.3 is 6.18 Å². The highest BCUT2D eigenvalue weighted by Crippen LogP contribution is 2.34. The molecule has 0 radical (unpaired) electrons. The lowest BCUT2D eigenvalue weighted by atomic mass is 10.0. The second kappa shape index (κ2) is 7.95. The third kappa shape index (κ3) is 4.24. The Labute approximate surface area is 162 Å². The Hall–Kier alpha value is -3.34. The van der Waals surface area contributed by atoms with Crippen LogP contribution in [0, 0.1) is 5.82 Å². The number of hydrogen-bond donors (Lipinski definition) is 3. The fourth-order valence-corrected chi connectivity index (χ4v) is 2.87. The minimum Gasteiger partial charge on any atom is -0.366 e. The predicted molar refractivity (Wildman–Crippen MR) is 97.5 cm³/mol. The molecule has 29 heavy (non-hydrogen) atoms. The number of carbonyl (C=O) groups excluding carboxylic acids is 1. The molecular formula is C18H16F4N6O. The highest BCUT2D eigenvalue weighted by atomic mass is 19.4. The van der Waals surface area contributed by atoms with Crippen LogP contribution in [0.15, 0.2) is 36.8 Å².